The average Bonchev–Trinajstić information content (AvgIpc) is 3.33. The predicted octanol–water partition coefficient (Wildman–Crippen LogP) is 1.20. The van der Waals surface area contributed by atoms with E-state index in [4.69, 9.17) is 9.47 Å². The third-order valence-corrected chi connectivity index (χ3v) is 5.39. The maximum absolute atomic E-state index is 12.6. The van der Waals surface area contributed by atoms with E-state index >= 15 is 0 Å². The van der Waals surface area contributed by atoms with Crippen LogP contribution in [-0.2, 0) is 16.1 Å². The molecule has 2 aromatic heterocycles. The Bertz CT molecular complexity index is 848. The monoisotopic (exact) mass is 400 g/mol. The Kier molecular flexibility index (Phi) is 5.94. The van der Waals surface area contributed by atoms with Crippen LogP contribution in [0.15, 0.2) is 18.5 Å². The smallest absolute Gasteiger partial charge is 0.224 e. The van der Waals surface area contributed by atoms with E-state index in [1.54, 1.807) is 0 Å². The van der Waals surface area contributed by atoms with Gasteiger partial charge in [0.2, 0.25) is 11.8 Å². The average molecular weight is 400 g/mol. The molecule has 1 unspecified atom stereocenters. The van der Waals surface area contributed by atoms with Crippen molar-refractivity contribution >= 4 is 11.7 Å². The Hall–Kier alpha value is -2.68. The molecule has 1 atom stereocenters. The van der Waals surface area contributed by atoms with Crippen molar-refractivity contribution in [2.45, 2.75) is 39.3 Å². The second-order valence-corrected chi connectivity index (χ2v) is 7.58. The molecule has 0 saturated carbocycles. The molecule has 29 heavy (non-hydrogen) atoms. The summed E-state index contributed by atoms with van der Waals surface area (Å²) in [7, 11) is 0. The number of nitrogens with zero attached hydrogens (tertiary/aromatic N) is 6. The lowest BCUT2D eigenvalue weighted by Gasteiger charge is -2.27. The maximum Gasteiger partial charge on any atom is 0.224 e. The first-order valence-corrected chi connectivity index (χ1v) is 10.2. The minimum Gasteiger partial charge on any atom is -0.472 e. The summed E-state index contributed by atoms with van der Waals surface area (Å²) in [4.78, 5) is 25.2. The SMILES string of the molecule is Cc1cc(C)n(CCC(=O)N2CCC(Oc3cc(N4CCOCC4)ncn3)C2)n1. The van der Waals surface area contributed by atoms with Crippen molar-refractivity contribution in [1.82, 2.24) is 24.6 Å². The number of aromatic nitrogens is 4. The Morgan fingerprint density at radius 3 is 2.79 bits per heavy atom. The third kappa shape index (κ3) is 4.84. The molecule has 2 aliphatic rings. The van der Waals surface area contributed by atoms with Gasteiger partial charge < -0.3 is 19.3 Å². The van der Waals surface area contributed by atoms with Crippen molar-refractivity contribution in [2.24, 2.45) is 0 Å². The lowest BCUT2D eigenvalue weighted by atomic mass is 10.3. The zero-order valence-corrected chi connectivity index (χ0v) is 17.1. The van der Waals surface area contributed by atoms with Gasteiger partial charge in [0.05, 0.1) is 25.5 Å². The summed E-state index contributed by atoms with van der Waals surface area (Å²) in [6.07, 6.45) is 2.75. The maximum atomic E-state index is 12.6. The molecule has 2 aliphatic heterocycles. The quantitative estimate of drug-likeness (QED) is 0.720. The van der Waals surface area contributed by atoms with Gasteiger partial charge in [-0.25, -0.2) is 9.97 Å². The van der Waals surface area contributed by atoms with E-state index in [1.807, 2.05) is 35.6 Å². The molecule has 1 amide bonds. The van der Waals surface area contributed by atoms with Crippen LogP contribution in [0.3, 0.4) is 0 Å². The molecule has 4 heterocycles. The summed E-state index contributed by atoms with van der Waals surface area (Å²) in [5.41, 5.74) is 2.06. The molecule has 0 N–H and O–H groups in total. The normalized spacial score (nSPS) is 19.6. The van der Waals surface area contributed by atoms with Crippen LogP contribution < -0.4 is 9.64 Å². The van der Waals surface area contributed by atoms with Crippen molar-refractivity contribution in [3.05, 3.63) is 29.8 Å². The molecule has 9 nitrogen and oxygen atoms in total. The molecule has 0 bridgehead atoms. The largest absolute Gasteiger partial charge is 0.472 e. The first kappa shape index (κ1) is 19.6. The highest BCUT2D eigenvalue weighted by Gasteiger charge is 2.28. The zero-order chi connectivity index (χ0) is 20.2. The van der Waals surface area contributed by atoms with Gasteiger partial charge in [0, 0.05) is 50.8 Å². The van der Waals surface area contributed by atoms with Crippen LogP contribution in [0.2, 0.25) is 0 Å². The number of aryl methyl sites for hydroxylation is 3. The molecule has 0 aliphatic carbocycles. The van der Waals surface area contributed by atoms with E-state index in [2.05, 4.69) is 20.0 Å². The van der Waals surface area contributed by atoms with Crippen LogP contribution >= 0.6 is 0 Å². The fourth-order valence-corrected chi connectivity index (χ4v) is 3.84. The van der Waals surface area contributed by atoms with Gasteiger partial charge in [0.25, 0.3) is 0 Å². The molecule has 0 spiro atoms. The first-order valence-electron chi connectivity index (χ1n) is 10.2. The molecule has 2 aromatic rings. The number of hydrogen-bond acceptors (Lipinski definition) is 7. The van der Waals surface area contributed by atoms with Crippen LogP contribution in [0.4, 0.5) is 5.82 Å². The van der Waals surface area contributed by atoms with Crippen molar-refractivity contribution in [1.29, 1.82) is 0 Å². The van der Waals surface area contributed by atoms with Gasteiger partial charge in [-0.1, -0.05) is 0 Å². The number of morpholine rings is 1. The Morgan fingerprint density at radius 2 is 2.03 bits per heavy atom. The number of rotatable bonds is 6. The van der Waals surface area contributed by atoms with Crippen LogP contribution in [0.5, 0.6) is 5.88 Å². The van der Waals surface area contributed by atoms with Crippen molar-refractivity contribution in [3.8, 4) is 5.88 Å². The Labute approximate surface area is 170 Å². The number of hydrogen-bond donors (Lipinski definition) is 0. The van der Waals surface area contributed by atoms with E-state index in [9.17, 15) is 4.79 Å². The number of ether oxygens (including phenoxy) is 2. The number of likely N-dealkylation sites (tertiary alicyclic amines) is 1. The van der Waals surface area contributed by atoms with E-state index in [-0.39, 0.29) is 12.0 Å². The summed E-state index contributed by atoms with van der Waals surface area (Å²) in [5, 5.41) is 4.42. The summed E-state index contributed by atoms with van der Waals surface area (Å²) in [5.74, 6) is 1.55. The number of carbonyl (C=O) groups is 1. The van der Waals surface area contributed by atoms with E-state index in [0.29, 0.717) is 45.1 Å². The number of amides is 1. The number of carbonyl (C=O) groups excluding carboxylic acids is 1. The van der Waals surface area contributed by atoms with Gasteiger partial charge in [0.1, 0.15) is 18.2 Å². The molecule has 4 rings (SSSR count). The topological polar surface area (TPSA) is 85.6 Å². The summed E-state index contributed by atoms with van der Waals surface area (Å²) < 4.78 is 13.3. The van der Waals surface area contributed by atoms with Gasteiger partial charge in [-0.05, 0) is 19.9 Å². The molecule has 156 valence electrons. The molecule has 0 aromatic carbocycles. The van der Waals surface area contributed by atoms with Gasteiger partial charge in [-0.2, -0.15) is 5.10 Å². The lowest BCUT2D eigenvalue weighted by molar-refractivity contribution is -0.130. The summed E-state index contributed by atoms with van der Waals surface area (Å²) in [6.45, 7) is 8.93. The van der Waals surface area contributed by atoms with Gasteiger partial charge in [-0.15, -0.1) is 0 Å². The van der Waals surface area contributed by atoms with Gasteiger partial charge in [0.15, 0.2) is 0 Å². The predicted molar refractivity (Wildman–Crippen MR) is 107 cm³/mol. The summed E-state index contributed by atoms with van der Waals surface area (Å²) >= 11 is 0. The lowest BCUT2D eigenvalue weighted by Crippen LogP contribution is -2.36. The van der Waals surface area contributed by atoms with E-state index in [0.717, 1.165) is 36.7 Å². The molecule has 2 saturated heterocycles. The minimum atomic E-state index is -0.0416. The highest BCUT2D eigenvalue weighted by atomic mass is 16.5. The molecular weight excluding hydrogens is 372 g/mol. The Balaban J connectivity index is 1.28. The first-order chi connectivity index (χ1) is 14.1. The van der Waals surface area contributed by atoms with Gasteiger partial charge in [-0.3, -0.25) is 9.48 Å². The molecule has 9 heteroatoms. The van der Waals surface area contributed by atoms with E-state index in [1.165, 1.54) is 6.33 Å². The Morgan fingerprint density at radius 1 is 1.21 bits per heavy atom. The van der Waals surface area contributed by atoms with Crippen molar-refractivity contribution in [2.75, 3.05) is 44.3 Å². The highest BCUT2D eigenvalue weighted by molar-refractivity contribution is 5.76. The fraction of sp³-hybridized carbons (Fsp3) is 0.600. The standard InChI is InChI=1S/C20H28N6O3/c1-15-11-16(2)26(23-15)6-4-20(27)25-5-3-17(13-25)29-19-12-18(21-14-22-19)24-7-9-28-10-8-24/h11-12,14,17H,3-10,13H2,1-2H3. The van der Waals surface area contributed by atoms with Crippen LogP contribution in [0.1, 0.15) is 24.2 Å². The van der Waals surface area contributed by atoms with Crippen molar-refractivity contribution in [3.63, 3.8) is 0 Å². The molecule has 0 radical (unpaired) electrons. The second-order valence-electron chi connectivity index (χ2n) is 7.58. The van der Waals surface area contributed by atoms with Crippen molar-refractivity contribution < 1.29 is 14.3 Å². The number of anilines is 1. The summed E-state index contributed by atoms with van der Waals surface area (Å²) in [6, 6.07) is 3.90. The van der Waals surface area contributed by atoms with Gasteiger partial charge >= 0.3 is 0 Å². The minimum absolute atomic E-state index is 0.0416. The third-order valence-electron chi connectivity index (χ3n) is 5.39. The van der Waals surface area contributed by atoms with Crippen LogP contribution in [0.25, 0.3) is 0 Å². The second kappa shape index (κ2) is 8.77. The van der Waals surface area contributed by atoms with Crippen LogP contribution in [-0.4, -0.2) is 76.1 Å². The highest BCUT2D eigenvalue weighted by Crippen LogP contribution is 2.21. The fourth-order valence-electron chi connectivity index (χ4n) is 3.84. The zero-order valence-electron chi connectivity index (χ0n) is 17.1. The molecule has 2 fully saturated rings. The van der Waals surface area contributed by atoms with Crippen LogP contribution in [0, 0.1) is 13.8 Å². The molecular formula is C20H28N6O3. The van der Waals surface area contributed by atoms with E-state index < -0.39 is 0 Å².